The van der Waals surface area contributed by atoms with Crippen molar-refractivity contribution in [3.63, 3.8) is 0 Å². The van der Waals surface area contributed by atoms with Gasteiger partial charge in [-0.15, -0.1) is 0 Å². The minimum atomic E-state index is -0.0359. The van der Waals surface area contributed by atoms with Gasteiger partial charge in [-0.25, -0.2) is 0 Å². The van der Waals surface area contributed by atoms with Crippen molar-refractivity contribution in [2.45, 2.75) is 371 Å². The van der Waals surface area contributed by atoms with Crippen molar-refractivity contribution < 1.29 is 40.9 Å². The maximum absolute atomic E-state index is 9.63. The molecule has 480 valence electrons. The van der Waals surface area contributed by atoms with Crippen LogP contribution in [0.15, 0.2) is 0 Å². The van der Waals surface area contributed by atoms with Crippen LogP contribution < -0.4 is 0 Å². The fourth-order valence-electron chi connectivity index (χ4n) is 15.5. The van der Waals surface area contributed by atoms with E-state index in [1.54, 1.807) is 0 Å². The average molecular weight is 1140 g/mol. The second-order valence-corrected chi connectivity index (χ2v) is 29.2. The Morgan fingerprint density at radius 1 is 0.312 bits per heavy atom. The molecule has 0 spiro atoms. The largest absolute Gasteiger partial charge is 0.393 e. The maximum atomic E-state index is 9.63. The predicted molar refractivity (Wildman–Crippen MR) is 342 cm³/mol. The SMILES string of the molecule is CCC1(C)CCCCC1O.CCC1CC(C)CC(O)C1.CCC1CC(C)CCC1O.CCC1CC(O)CCC1C.CCC1CCC(C)CC1O.CCC1CCC(O)C(C)C1.CCC1CCC(O)CC1C.CCC1CCCC(O)C1C. The van der Waals surface area contributed by atoms with Gasteiger partial charge in [-0.3, -0.25) is 0 Å². The average Bonchev–Trinajstić information content (AvgIpc) is 3.43. The van der Waals surface area contributed by atoms with Gasteiger partial charge in [-0.2, -0.15) is 0 Å². The first-order valence-corrected chi connectivity index (χ1v) is 35.3. The topological polar surface area (TPSA) is 162 Å². The van der Waals surface area contributed by atoms with E-state index in [-0.39, 0.29) is 54.2 Å². The quantitative estimate of drug-likeness (QED) is 0.119. The van der Waals surface area contributed by atoms with E-state index >= 15 is 0 Å². The molecule has 80 heavy (non-hydrogen) atoms. The summed E-state index contributed by atoms with van der Waals surface area (Å²) in [4.78, 5) is 0. The lowest BCUT2D eigenvalue weighted by molar-refractivity contribution is -0.00178. The van der Waals surface area contributed by atoms with Gasteiger partial charge < -0.3 is 40.9 Å². The highest BCUT2D eigenvalue weighted by Gasteiger charge is 2.34. The second-order valence-electron chi connectivity index (χ2n) is 29.2. The molecule has 0 aliphatic heterocycles. The normalized spacial score (nSPS) is 41.7. The van der Waals surface area contributed by atoms with E-state index in [1.165, 1.54) is 122 Å². The summed E-state index contributed by atoms with van der Waals surface area (Å²) >= 11 is 0. The fourth-order valence-corrected chi connectivity index (χ4v) is 15.5. The first-order chi connectivity index (χ1) is 37.8. The van der Waals surface area contributed by atoms with Gasteiger partial charge in [-0.1, -0.05) is 188 Å². The van der Waals surface area contributed by atoms with Crippen molar-refractivity contribution in [2.24, 2.45) is 88.3 Å². The third kappa shape index (κ3) is 30.8. The minimum Gasteiger partial charge on any atom is -0.393 e. The van der Waals surface area contributed by atoms with Gasteiger partial charge >= 0.3 is 0 Å². The van der Waals surface area contributed by atoms with Gasteiger partial charge in [0.1, 0.15) is 0 Å². The van der Waals surface area contributed by atoms with Crippen LogP contribution in [0.4, 0.5) is 0 Å². The van der Waals surface area contributed by atoms with E-state index in [0.717, 1.165) is 149 Å². The number of hydrogen-bond donors (Lipinski definition) is 8. The van der Waals surface area contributed by atoms with Crippen LogP contribution in [-0.4, -0.2) is 89.7 Å². The monoisotopic (exact) mass is 1140 g/mol. The standard InChI is InChI=1S/8C9H18O/c1-3-8-4-7(2)5-9(10)6-8;1-3-8-4-5-9(10)6-7(8)2;1-3-8-4-5-9(10)7(2)6-8;1-3-8-6-9(10)5-4-7(8)2;1-3-8-6-7(2)4-5-9(8)10;1-3-8-5-4-7(2)6-9(8)10;1-3-9(2)7-5-4-6-8(9)10;1-3-8-5-4-6-9(10)7(8)2/h6*7-10H,3-6H2,1-2H3;8,10H,3-7H2,1-2H3;7-10H,3-6H2,1-2H3. The van der Waals surface area contributed by atoms with Crippen LogP contribution in [0.2, 0.25) is 0 Å². The molecule has 0 amide bonds. The molecule has 23 atom stereocenters. The molecule has 0 heterocycles. The van der Waals surface area contributed by atoms with Crippen molar-refractivity contribution in [3.8, 4) is 0 Å². The molecule has 0 aromatic rings. The minimum absolute atomic E-state index is 0.00106. The predicted octanol–water partition coefficient (Wildman–Crippen LogP) is 17.7. The smallest absolute Gasteiger partial charge is 0.0593 e. The zero-order valence-electron chi connectivity index (χ0n) is 56.1. The van der Waals surface area contributed by atoms with Crippen LogP contribution in [0.3, 0.4) is 0 Å². The van der Waals surface area contributed by atoms with Gasteiger partial charge in [0.25, 0.3) is 0 Å². The van der Waals surface area contributed by atoms with Crippen molar-refractivity contribution in [1.82, 2.24) is 0 Å². The van der Waals surface area contributed by atoms with Crippen LogP contribution in [0.25, 0.3) is 0 Å². The summed E-state index contributed by atoms with van der Waals surface area (Å²) in [7, 11) is 0. The summed E-state index contributed by atoms with van der Waals surface area (Å²) in [6.45, 7) is 35.5. The van der Waals surface area contributed by atoms with Crippen molar-refractivity contribution in [3.05, 3.63) is 0 Å². The first-order valence-electron chi connectivity index (χ1n) is 35.3. The van der Waals surface area contributed by atoms with E-state index < -0.39 is 0 Å². The zero-order chi connectivity index (χ0) is 60.5. The van der Waals surface area contributed by atoms with Crippen LogP contribution in [0, 0.1) is 88.3 Å². The lowest BCUT2D eigenvalue weighted by atomic mass is 9.72. The molecule has 0 radical (unpaired) electrons. The van der Waals surface area contributed by atoms with Crippen LogP contribution in [0.5, 0.6) is 0 Å². The van der Waals surface area contributed by atoms with Crippen LogP contribution in [-0.2, 0) is 0 Å². The van der Waals surface area contributed by atoms with Crippen molar-refractivity contribution in [2.75, 3.05) is 0 Å². The van der Waals surface area contributed by atoms with E-state index in [4.69, 9.17) is 0 Å². The summed E-state index contributed by atoms with van der Waals surface area (Å²) in [5, 5.41) is 75.5. The molecular weight excluding hydrogens is 993 g/mol. The molecule has 8 aliphatic rings. The Kier molecular flexibility index (Phi) is 42.1. The molecule has 0 saturated heterocycles. The lowest BCUT2D eigenvalue weighted by Crippen LogP contribution is -2.34. The van der Waals surface area contributed by atoms with Crippen molar-refractivity contribution >= 4 is 0 Å². The molecule has 0 aromatic carbocycles. The molecule has 23 unspecified atom stereocenters. The molecule has 8 nitrogen and oxygen atoms in total. The molecular formula is C72H144O8. The molecule has 8 fully saturated rings. The van der Waals surface area contributed by atoms with E-state index in [2.05, 4.69) is 111 Å². The van der Waals surface area contributed by atoms with Gasteiger partial charge in [0, 0.05) is 0 Å². The second kappa shape index (κ2) is 43.3. The first kappa shape index (κ1) is 77.7. The highest BCUT2D eigenvalue weighted by atomic mass is 16.3. The van der Waals surface area contributed by atoms with Gasteiger partial charge in [0.15, 0.2) is 0 Å². The van der Waals surface area contributed by atoms with Crippen LogP contribution >= 0.6 is 0 Å². The van der Waals surface area contributed by atoms with E-state index in [1.807, 2.05) is 0 Å². The molecule has 8 heteroatoms. The summed E-state index contributed by atoms with van der Waals surface area (Å²) in [5.74, 6) is 10.3. The molecule has 8 rings (SSSR count). The van der Waals surface area contributed by atoms with Crippen molar-refractivity contribution in [1.29, 1.82) is 0 Å². The Morgan fingerprint density at radius 3 is 1.36 bits per heavy atom. The Hall–Kier alpha value is -0.320. The fraction of sp³-hybridized carbons (Fsp3) is 1.00. The summed E-state index contributed by atoms with van der Waals surface area (Å²) in [6, 6.07) is 0. The Bertz CT molecular complexity index is 1380. The Labute approximate surface area is 498 Å². The summed E-state index contributed by atoms with van der Waals surface area (Å²) in [6.07, 6.45) is 38.5. The third-order valence-electron chi connectivity index (χ3n) is 22.6. The molecule has 0 aromatic heterocycles. The summed E-state index contributed by atoms with van der Waals surface area (Å²) in [5.41, 5.74) is 0.234. The zero-order valence-corrected chi connectivity index (χ0v) is 56.1. The van der Waals surface area contributed by atoms with E-state index in [0.29, 0.717) is 23.7 Å². The molecule has 0 bridgehead atoms. The highest BCUT2D eigenvalue weighted by molar-refractivity contribution is 4.85. The number of aliphatic hydroxyl groups excluding tert-OH is 8. The Balaban J connectivity index is 0.000000457. The maximum Gasteiger partial charge on any atom is 0.0593 e. The molecule has 8 N–H and O–H groups in total. The Morgan fingerprint density at radius 2 is 0.875 bits per heavy atom. The third-order valence-corrected chi connectivity index (χ3v) is 22.6. The van der Waals surface area contributed by atoms with Gasteiger partial charge in [0.2, 0.25) is 0 Å². The molecule has 8 saturated carbocycles. The highest BCUT2D eigenvalue weighted by Crippen LogP contribution is 2.39. The van der Waals surface area contributed by atoms with Gasteiger partial charge in [0.05, 0.1) is 48.8 Å². The summed E-state index contributed by atoms with van der Waals surface area (Å²) < 4.78 is 0. The molecule has 8 aliphatic carbocycles. The lowest BCUT2D eigenvalue weighted by Gasteiger charge is -2.37. The van der Waals surface area contributed by atoms with E-state index in [9.17, 15) is 40.9 Å². The number of hydrogen-bond acceptors (Lipinski definition) is 8. The number of aliphatic hydroxyl groups is 8. The van der Waals surface area contributed by atoms with Crippen LogP contribution in [0.1, 0.15) is 323 Å². The number of rotatable bonds is 8. The van der Waals surface area contributed by atoms with Gasteiger partial charge in [-0.05, 0) is 223 Å².